The fourth-order valence-corrected chi connectivity index (χ4v) is 0.958. The van der Waals surface area contributed by atoms with Crippen LogP contribution in [0.4, 0.5) is 5.82 Å². The van der Waals surface area contributed by atoms with Crippen molar-refractivity contribution in [2.45, 2.75) is 13.3 Å². The summed E-state index contributed by atoms with van der Waals surface area (Å²) < 4.78 is 0. The Morgan fingerprint density at radius 2 is 2.42 bits per heavy atom. The summed E-state index contributed by atoms with van der Waals surface area (Å²) in [5, 5.41) is 18.9. The van der Waals surface area contributed by atoms with E-state index in [4.69, 9.17) is 5.11 Å². The van der Waals surface area contributed by atoms with Crippen LogP contribution in [0.1, 0.15) is 11.5 Å². The number of aryl methyl sites for hydroxylation is 1. The molecule has 1 aromatic rings. The van der Waals surface area contributed by atoms with Crippen molar-refractivity contribution >= 4 is 5.82 Å². The van der Waals surface area contributed by atoms with Crippen LogP contribution in [0, 0.1) is 17.0 Å². The van der Waals surface area contributed by atoms with Gasteiger partial charge in [-0.1, -0.05) is 0 Å². The lowest BCUT2D eigenvalue weighted by Gasteiger charge is -1.92. The maximum atomic E-state index is 10.4. The minimum absolute atomic E-state index is 0.124. The van der Waals surface area contributed by atoms with Crippen molar-refractivity contribution in [3.05, 3.63) is 21.6 Å². The molecule has 0 fully saturated rings. The zero-order valence-electron chi connectivity index (χ0n) is 6.57. The third-order valence-electron chi connectivity index (χ3n) is 1.41. The first-order chi connectivity index (χ1) is 5.65. The van der Waals surface area contributed by atoms with E-state index in [2.05, 4.69) is 9.97 Å². The third-order valence-corrected chi connectivity index (χ3v) is 1.41. The summed E-state index contributed by atoms with van der Waals surface area (Å²) in [6.07, 6.45) is 0.209. The summed E-state index contributed by atoms with van der Waals surface area (Å²) in [5.41, 5.74) is 0.306. The van der Waals surface area contributed by atoms with Gasteiger partial charge in [-0.25, -0.2) is 9.97 Å². The number of imidazole rings is 1. The second-order valence-electron chi connectivity index (χ2n) is 2.35. The van der Waals surface area contributed by atoms with Gasteiger partial charge >= 0.3 is 5.82 Å². The average Bonchev–Trinajstić information content (AvgIpc) is 2.32. The molecule has 1 rings (SSSR count). The van der Waals surface area contributed by atoms with Crippen molar-refractivity contribution in [3.63, 3.8) is 0 Å². The molecule has 2 N–H and O–H groups in total. The predicted molar refractivity (Wildman–Crippen MR) is 40.8 cm³/mol. The van der Waals surface area contributed by atoms with E-state index in [1.807, 2.05) is 0 Å². The summed E-state index contributed by atoms with van der Waals surface area (Å²) in [4.78, 5) is 16.2. The highest BCUT2D eigenvalue weighted by Gasteiger charge is 2.16. The normalized spacial score (nSPS) is 10.2. The SMILES string of the molecule is Cc1nc(CCO)c([N+](=O)[O-])[nH]1. The molecule has 0 aromatic carbocycles. The molecule has 0 aliphatic rings. The van der Waals surface area contributed by atoms with Crippen LogP contribution < -0.4 is 0 Å². The summed E-state index contributed by atoms with van der Waals surface area (Å²) in [6, 6.07) is 0. The van der Waals surface area contributed by atoms with Crippen LogP contribution in [0.15, 0.2) is 0 Å². The van der Waals surface area contributed by atoms with Crippen LogP contribution in [0.5, 0.6) is 0 Å². The first-order valence-electron chi connectivity index (χ1n) is 3.46. The highest BCUT2D eigenvalue weighted by molar-refractivity contribution is 5.27. The van der Waals surface area contributed by atoms with Crippen LogP contribution >= 0.6 is 0 Å². The summed E-state index contributed by atoms with van der Waals surface area (Å²) >= 11 is 0. The molecule has 0 aliphatic carbocycles. The molecule has 0 atom stereocenters. The van der Waals surface area contributed by atoms with Gasteiger partial charge in [-0.3, -0.25) is 0 Å². The number of aromatic nitrogens is 2. The zero-order chi connectivity index (χ0) is 9.14. The summed E-state index contributed by atoms with van der Waals surface area (Å²) in [5.74, 6) is 0.367. The van der Waals surface area contributed by atoms with Gasteiger partial charge in [-0.2, -0.15) is 0 Å². The number of nitro groups is 1. The standard InChI is InChI=1S/C6H9N3O3/c1-4-7-5(2-3-10)6(8-4)9(11)12/h10H,2-3H2,1H3,(H,7,8). The van der Waals surface area contributed by atoms with Crippen LogP contribution in [0.25, 0.3) is 0 Å². The molecule has 1 heterocycles. The van der Waals surface area contributed by atoms with Gasteiger partial charge in [-0.15, -0.1) is 0 Å². The molecule has 0 saturated heterocycles. The number of aliphatic hydroxyl groups excluding tert-OH is 1. The van der Waals surface area contributed by atoms with E-state index in [1.54, 1.807) is 6.92 Å². The molecule has 66 valence electrons. The Bertz CT molecular complexity index is 294. The van der Waals surface area contributed by atoms with E-state index in [1.165, 1.54) is 0 Å². The molecule has 0 saturated carbocycles. The zero-order valence-corrected chi connectivity index (χ0v) is 6.57. The predicted octanol–water partition coefficient (Wildman–Crippen LogP) is 0.161. The monoisotopic (exact) mass is 171 g/mol. The minimum atomic E-state index is -0.537. The van der Waals surface area contributed by atoms with Gasteiger partial charge in [0, 0.05) is 20.0 Å². The highest BCUT2D eigenvalue weighted by atomic mass is 16.6. The largest absolute Gasteiger partial charge is 0.396 e. The third kappa shape index (κ3) is 1.59. The molecule has 0 aliphatic heterocycles. The second-order valence-corrected chi connectivity index (χ2v) is 2.35. The molecule has 1 aromatic heterocycles. The van der Waals surface area contributed by atoms with Crippen molar-refractivity contribution < 1.29 is 10.0 Å². The van der Waals surface area contributed by atoms with E-state index in [0.29, 0.717) is 11.5 Å². The molecular weight excluding hydrogens is 162 g/mol. The minimum Gasteiger partial charge on any atom is -0.396 e. The van der Waals surface area contributed by atoms with Crippen molar-refractivity contribution in [1.29, 1.82) is 0 Å². The first-order valence-corrected chi connectivity index (χ1v) is 3.46. The van der Waals surface area contributed by atoms with E-state index in [-0.39, 0.29) is 18.8 Å². The maximum absolute atomic E-state index is 10.4. The number of hydrogen-bond acceptors (Lipinski definition) is 4. The Morgan fingerprint density at radius 1 is 1.75 bits per heavy atom. The smallest absolute Gasteiger partial charge is 0.343 e. The fraction of sp³-hybridized carbons (Fsp3) is 0.500. The lowest BCUT2D eigenvalue weighted by atomic mass is 10.3. The van der Waals surface area contributed by atoms with Gasteiger partial charge in [0.1, 0.15) is 5.69 Å². The molecule has 6 heteroatoms. The van der Waals surface area contributed by atoms with Gasteiger partial charge in [0.2, 0.25) is 0 Å². The van der Waals surface area contributed by atoms with Crippen molar-refractivity contribution in [3.8, 4) is 0 Å². The molecule has 0 unspecified atom stereocenters. The first kappa shape index (κ1) is 8.66. The van der Waals surface area contributed by atoms with Crippen LogP contribution in [-0.4, -0.2) is 26.6 Å². The molecule has 6 nitrogen and oxygen atoms in total. The Kier molecular flexibility index (Phi) is 2.39. The summed E-state index contributed by atoms with van der Waals surface area (Å²) in [6.45, 7) is 1.50. The molecular formula is C6H9N3O3. The number of hydrogen-bond donors (Lipinski definition) is 2. The van der Waals surface area contributed by atoms with Crippen LogP contribution in [0.3, 0.4) is 0 Å². The molecule has 0 bridgehead atoms. The number of H-pyrrole nitrogens is 1. The number of nitrogens with zero attached hydrogens (tertiary/aromatic N) is 2. The molecule has 0 spiro atoms. The lowest BCUT2D eigenvalue weighted by Crippen LogP contribution is -1.97. The number of aromatic amines is 1. The van der Waals surface area contributed by atoms with Crippen molar-refractivity contribution in [1.82, 2.24) is 9.97 Å². The van der Waals surface area contributed by atoms with E-state index in [0.717, 1.165) is 0 Å². The summed E-state index contributed by atoms with van der Waals surface area (Å²) in [7, 11) is 0. The van der Waals surface area contributed by atoms with Crippen molar-refractivity contribution in [2.75, 3.05) is 6.61 Å². The van der Waals surface area contributed by atoms with Gasteiger partial charge in [0.05, 0.1) is 0 Å². The van der Waals surface area contributed by atoms with Crippen molar-refractivity contribution in [2.24, 2.45) is 0 Å². The molecule has 12 heavy (non-hydrogen) atoms. The quantitative estimate of drug-likeness (QED) is 0.500. The maximum Gasteiger partial charge on any atom is 0.343 e. The van der Waals surface area contributed by atoms with Crippen LogP contribution in [-0.2, 0) is 6.42 Å². The lowest BCUT2D eigenvalue weighted by molar-refractivity contribution is -0.390. The Labute approximate surface area is 68.4 Å². The topological polar surface area (TPSA) is 92.1 Å². The number of rotatable bonds is 3. The van der Waals surface area contributed by atoms with E-state index >= 15 is 0 Å². The number of aliphatic hydroxyl groups is 1. The van der Waals surface area contributed by atoms with Gasteiger partial charge in [-0.05, 0) is 4.92 Å². The second kappa shape index (κ2) is 3.31. The average molecular weight is 171 g/mol. The van der Waals surface area contributed by atoms with E-state index < -0.39 is 4.92 Å². The van der Waals surface area contributed by atoms with Gasteiger partial charge in [0.15, 0.2) is 5.82 Å². The number of nitrogens with one attached hydrogen (secondary N) is 1. The van der Waals surface area contributed by atoms with Gasteiger partial charge in [0.25, 0.3) is 0 Å². The molecule has 0 amide bonds. The molecule has 0 radical (unpaired) electrons. The fourth-order valence-electron chi connectivity index (χ4n) is 0.958. The van der Waals surface area contributed by atoms with Gasteiger partial charge < -0.3 is 15.2 Å². The van der Waals surface area contributed by atoms with Crippen LogP contribution in [0.2, 0.25) is 0 Å². The van der Waals surface area contributed by atoms with E-state index in [9.17, 15) is 10.1 Å². The highest BCUT2D eigenvalue weighted by Crippen LogP contribution is 2.14. The Balaban J connectivity index is 2.99. The Hall–Kier alpha value is -1.43. The Morgan fingerprint density at radius 3 is 2.92 bits per heavy atom.